The Morgan fingerprint density at radius 2 is 2.16 bits per heavy atom. The van der Waals surface area contributed by atoms with Crippen LogP contribution in [0.5, 0.6) is 5.75 Å². The summed E-state index contributed by atoms with van der Waals surface area (Å²) in [7, 11) is 2.57. The highest BCUT2D eigenvalue weighted by Gasteiger charge is 2.20. The van der Waals surface area contributed by atoms with Crippen LogP contribution >= 0.6 is 22.4 Å². The molecule has 0 atom stereocenters. The van der Waals surface area contributed by atoms with E-state index in [1.54, 1.807) is 0 Å². The summed E-state index contributed by atoms with van der Waals surface area (Å²) in [5.41, 5.74) is -0.449. The molecule has 1 rings (SSSR count). The monoisotopic (exact) mass is 329 g/mol. The molecule has 106 valence electrons. The third-order valence-corrected chi connectivity index (χ3v) is 4.47. The minimum absolute atomic E-state index is 0.0153. The fraction of sp³-hybridized carbons (Fsp3) is 0.333. The molecule has 0 aliphatic rings. The Kier molecular flexibility index (Phi) is 5.39. The Morgan fingerprint density at radius 3 is 2.63 bits per heavy atom. The van der Waals surface area contributed by atoms with Crippen LogP contribution in [0.3, 0.4) is 0 Å². The van der Waals surface area contributed by atoms with E-state index in [2.05, 4.69) is 0 Å². The van der Waals surface area contributed by atoms with E-state index in [-0.39, 0.29) is 22.2 Å². The summed E-state index contributed by atoms with van der Waals surface area (Å²) >= 11 is 0.889. The Balaban J connectivity index is 3.00. The molecule has 1 aromatic rings. The molecule has 0 radical (unpaired) electrons. The van der Waals surface area contributed by atoms with Crippen LogP contribution in [-0.4, -0.2) is 32.0 Å². The summed E-state index contributed by atoms with van der Waals surface area (Å²) in [4.78, 5) is 10.1. The van der Waals surface area contributed by atoms with Crippen LogP contribution in [0.4, 0.5) is 10.1 Å². The number of nitrogens with zero attached hydrogens (tertiary/aromatic N) is 1. The Hall–Kier alpha value is -1.06. The van der Waals surface area contributed by atoms with E-state index < -0.39 is 25.5 Å². The highest BCUT2D eigenvalue weighted by Crippen LogP contribution is 2.34. The van der Waals surface area contributed by atoms with Gasteiger partial charge in [0.25, 0.3) is 5.69 Å². The van der Waals surface area contributed by atoms with Gasteiger partial charge in [-0.1, -0.05) is 0 Å². The van der Waals surface area contributed by atoms with E-state index in [9.17, 15) is 22.9 Å². The predicted molar refractivity (Wildman–Crippen MR) is 70.0 cm³/mol. The molecule has 0 aliphatic heterocycles. The van der Waals surface area contributed by atoms with Crippen molar-refractivity contribution in [3.63, 3.8) is 0 Å². The molecule has 0 aliphatic carbocycles. The minimum Gasteiger partial charge on any atom is -0.494 e. The highest BCUT2D eigenvalue weighted by atomic mass is 35.7. The largest absolute Gasteiger partial charge is 0.494 e. The quantitative estimate of drug-likeness (QED) is 0.345. The Labute approximate surface area is 117 Å². The van der Waals surface area contributed by atoms with Crippen molar-refractivity contribution in [1.82, 2.24) is 0 Å². The van der Waals surface area contributed by atoms with Crippen LogP contribution in [0, 0.1) is 15.9 Å². The zero-order chi connectivity index (χ0) is 14.6. The molecule has 0 amide bonds. The SMILES string of the molecule is COc1cc(SCCS(=O)(=O)Cl)c([N+](=O)[O-])cc1F. The lowest BCUT2D eigenvalue weighted by molar-refractivity contribution is -0.387. The summed E-state index contributed by atoms with van der Waals surface area (Å²) in [6, 6.07) is 1.88. The molecule has 1 aromatic carbocycles. The van der Waals surface area contributed by atoms with Crippen LogP contribution in [0.25, 0.3) is 0 Å². The molecule has 0 aromatic heterocycles. The third-order valence-electron chi connectivity index (χ3n) is 2.01. The van der Waals surface area contributed by atoms with Gasteiger partial charge in [-0.05, 0) is 0 Å². The number of hydrogen-bond donors (Lipinski definition) is 0. The zero-order valence-corrected chi connectivity index (χ0v) is 12.0. The van der Waals surface area contributed by atoms with Crippen LogP contribution in [-0.2, 0) is 9.05 Å². The molecule has 0 saturated heterocycles. The van der Waals surface area contributed by atoms with Crippen molar-refractivity contribution >= 4 is 37.2 Å². The molecule has 10 heteroatoms. The number of ether oxygens (including phenoxy) is 1. The molecule has 0 spiro atoms. The molecule has 19 heavy (non-hydrogen) atoms. The molecule has 0 heterocycles. The second kappa shape index (κ2) is 6.40. The van der Waals surface area contributed by atoms with E-state index in [0.29, 0.717) is 0 Å². The van der Waals surface area contributed by atoms with Crippen molar-refractivity contribution in [3.05, 3.63) is 28.1 Å². The lowest BCUT2D eigenvalue weighted by atomic mass is 10.3. The zero-order valence-electron chi connectivity index (χ0n) is 9.63. The average Bonchev–Trinajstić information content (AvgIpc) is 2.28. The normalized spacial score (nSPS) is 11.3. The first kappa shape index (κ1) is 16.0. The number of nitro benzene ring substituents is 1. The van der Waals surface area contributed by atoms with Crippen molar-refractivity contribution in [2.75, 3.05) is 18.6 Å². The molecular weight excluding hydrogens is 321 g/mol. The van der Waals surface area contributed by atoms with Crippen LogP contribution in [0.2, 0.25) is 0 Å². The number of methoxy groups -OCH3 is 1. The summed E-state index contributed by atoms with van der Waals surface area (Å²) in [5.74, 6) is -1.34. The fourth-order valence-corrected chi connectivity index (χ4v) is 3.58. The third kappa shape index (κ3) is 4.84. The topological polar surface area (TPSA) is 86.5 Å². The molecule has 0 fully saturated rings. The molecule has 0 bridgehead atoms. The average molecular weight is 330 g/mol. The molecule has 6 nitrogen and oxygen atoms in total. The van der Waals surface area contributed by atoms with Crippen molar-refractivity contribution in [3.8, 4) is 5.75 Å². The van der Waals surface area contributed by atoms with E-state index >= 15 is 0 Å². The predicted octanol–water partition coefficient (Wildman–Crippen LogP) is 2.40. The molecule has 0 N–H and O–H groups in total. The van der Waals surface area contributed by atoms with Crippen molar-refractivity contribution in [1.29, 1.82) is 0 Å². The maximum Gasteiger partial charge on any atom is 0.286 e. The molecular formula is C9H9ClFNO5S2. The summed E-state index contributed by atoms with van der Waals surface area (Å²) in [5, 5.41) is 10.8. The van der Waals surface area contributed by atoms with Gasteiger partial charge >= 0.3 is 0 Å². The van der Waals surface area contributed by atoms with Gasteiger partial charge in [0.1, 0.15) is 0 Å². The van der Waals surface area contributed by atoms with E-state index in [1.165, 1.54) is 7.11 Å². The first-order valence-corrected chi connectivity index (χ1v) is 8.28. The van der Waals surface area contributed by atoms with Crippen molar-refractivity contribution in [2.24, 2.45) is 0 Å². The van der Waals surface area contributed by atoms with Gasteiger partial charge in [-0.25, -0.2) is 12.8 Å². The van der Waals surface area contributed by atoms with Gasteiger partial charge in [0, 0.05) is 22.5 Å². The maximum absolute atomic E-state index is 13.3. The smallest absolute Gasteiger partial charge is 0.286 e. The number of halogens is 2. The van der Waals surface area contributed by atoms with Gasteiger partial charge in [0.15, 0.2) is 11.6 Å². The molecule has 0 unspecified atom stereocenters. The fourth-order valence-electron chi connectivity index (χ4n) is 1.19. The number of nitro groups is 1. The highest BCUT2D eigenvalue weighted by molar-refractivity contribution is 8.14. The maximum atomic E-state index is 13.3. The Bertz CT molecular complexity index is 593. The summed E-state index contributed by atoms with van der Waals surface area (Å²) in [6.07, 6.45) is 0. The van der Waals surface area contributed by atoms with Gasteiger partial charge < -0.3 is 4.74 Å². The number of rotatable bonds is 6. The van der Waals surface area contributed by atoms with Crippen molar-refractivity contribution < 1.29 is 22.5 Å². The van der Waals surface area contributed by atoms with Crippen molar-refractivity contribution in [2.45, 2.75) is 4.90 Å². The number of hydrogen-bond acceptors (Lipinski definition) is 6. The number of thioether (sulfide) groups is 1. The van der Waals surface area contributed by atoms with Gasteiger partial charge in [-0.3, -0.25) is 10.1 Å². The minimum atomic E-state index is -3.68. The van der Waals surface area contributed by atoms with E-state index in [0.717, 1.165) is 23.9 Å². The molecule has 0 saturated carbocycles. The van der Waals surface area contributed by atoms with Gasteiger partial charge in [0.05, 0.1) is 28.7 Å². The summed E-state index contributed by atoms with van der Waals surface area (Å²) < 4.78 is 39.6. The van der Waals surface area contributed by atoms with Gasteiger partial charge in [-0.2, -0.15) is 0 Å². The second-order valence-corrected chi connectivity index (χ2v) is 7.34. The first-order chi connectivity index (χ1) is 8.74. The van der Waals surface area contributed by atoms with E-state index in [1.807, 2.05) is 0 Å². The first-order valence-electron chi connectivity index (χ1n) is 4.81. The Morgan fingerprint density at radius 1 is 1.53 bits per heavy atom. The number of benzene rings is 1. The van der Waals surface area contributed by atoms with Crippen LogP contribution in [0.1, 0.15) is 0 Å². The van der Waals surface area contributed by atoms with Gasteiger partial charge in [-0.15, -0.1) is 11.8 Å². The van der Waals surface area contributed by atoms with Crippen LogP contribution in [0.15, 0.2) is 17.0 Å². The standard InChI is InChI=1S/C9H9ClFNO5S2/c1-17-8-5-9(18-2-3-19(10,15)16)7(12(13)14)4-6(8)11/h4-5H,2-3H2,1H3. The van der Waals surface area contributed by atoms with Crippen LogP contribution < -0.4 is 4.74 Å². The summed E-state index contributed by atoms with van der Waals surface area (Å²) in [6.45, 7) is 0. The van der Waals surface area contributed by atoms with Gasteiger partial charge in [0.2, 0.25) is 9.05 Å². The second-order valence-electron chi connectivity index (χ2n) is 3.30. The lowest BCUT2D eigenvalue weighted by Gasteiger charge is -2.06. The van der Waals surface area contributed by atoms with E-state index in [4.69, 9.17) is 15.4 Å². The lowest BCUT2D eigenvalue weighted by Crippen LogP contribution is -2.01.